The summed E-state index contributed by atoms with van der Waals surface area (Å²) in [6.07, 6.45) is -2.75. The minimum absolute atomic E-state index is 0. The van der Waals surface area contributed by atoms with Gasteiger partial charge in [0, 0.05) is 46.9 Å². The van der Waals surface area contributed by atoms with Crippen molar-refractivity contribution in [2.75, 3.05) is 20.8 Å². The molecule has 1 unspecified atom stereocenters. The van der Waals surface area contributed by atoms with Crippen LogP contribution in [0.4, 0.5) is 10.1 Å². The third-order valence-electron chi connectivity index (χ3n) is 3.87. The number of rotatable bonds is 5. The summed E-state index contributed by atoms with van der Waals surface area (Å²) in [6, 6.07) is 12.8. The molecule has 7 nitrogen and oxygen atoms in total. The summed E-state index contributed by atoms with van der Waals surface area (Å²) in [4.78, 5) is 19.1. The van der Waals surface area contributed by atoms with Gasteiger partial charge in [0.25, 0.3) is 0 Å². The Balaban J connectivity index is 0.00000243. The van der Waals surface area contributed by atoms with E-state index < -0.39 is 30.3 Å². The maximum Gasteiger partial charge on any atom is 0.324 e. The number of methoxy groups -OCH3 is 2. The fourth-order valence-corrected chi connectivity index (χ4v) is 2.71. The third kappa shape index (κ3) is 4.56. The Morgan fingerprint density at radius 2 is 2.19 bits per heavy atom. The van der Waals surface area contributed by atoms with Crippen LogP contribution in [0, 0.1) is 12.1 Å². The molecule has 1 aromatic heterocycles. The van der Waals surface area contributed by atoms with Crippen molar-refractivity contribution in [3.63, 3.8) is 0 Å². The van der Waals surface area contributed by atoms with Gasteiger partial charge < -0.3 is 29.8 Å². The number of aromatic amines is 1. The first kappa shape index (κ1) is 21.1. The van der Waals surface area contributed by atoms with E-state index in [9.17, 15) is 9.18 Å². The summed E-state index contributed by atoms with van der Waals surface area (Å²) in [5.41, 5.74) is 0.204. The van der Waals surface area contributed by atoms with Crippen LogP contribution in [-0.2, 0) is 46.9 Å². The minimum Gasteiger partial charge on any atom is -0.410 e. The third-order valence-corrected chi connectivity index (χ3v) is 3.87. The van der Waals surface area contributed by atoms with E-state index in [2.05, 4.69) is 22.1 Å². The fraction of sp³-hybridized carbons (Fsp3) is 0.412. The number of aromatic nitrogens is 2. The number of nitrogens with zero attached hydrogens (tertiary/aromatic N) is 2. The number of ether oxygens (including phenoxy) is 3. The summed E-state index contributed by atoms with van der Waals surface area (Å²) < 4.78 is 31.5. The Bertz CT molecular complexity index is 827. The van der Waals surface area contributed by atoms with E-state index in [-0.39, 0.29) is 44.8 Å². The number of hydrogen-bond acceptors (Lipinski definition) is 5. The van der Waals surface area contributed by atoms with Gasteiger partial charge >= 0.3 is 5.69 Å². The van der Waals surface area contributed by atoms with E-state index in [1.165, 1.54) is 20.4 Å². The molecular formula is C17H18FN3O4Y-2. The van der Waals surface area contributed by atoms with Crippen LogP contribution < -0.4 is 11.2 Å². The second-order valence-corrected chi connectivity index (χ2v) is 5.48. The maximum atomic E-state index is 14.6. The molecule has 1 radical (unpaired) electrons. The Kier molecular flexibility index (Phi) is 7.85. The molecule has 9 heteroatoms. The molecule has 0 amide bonds. The van der Waals surface area contributed by atoms with Crippen molar-refractivity contribution in [3.05, 3.63) is 58.6 Å². The van der Waals surface area contributed by atoms with Gasteiger partial charge in [-0.2, -0.15) is 30.5 Å². The summed E-state index contributed by atoms with van der Waals surface area (Å²) in [5.74, 6) is 0. The molecule has 137 valence electrons. The van der Waals surface area contributed by atoms with E-state index in [1.807, 2.05) is 6.07 Å². The van der Waals surface area contributed by atoms with Gasteiger partial charge in [0.1, 0.15) is 12.2 Å². The predicted octanol–water partition coefficient (Wildman–Crippen LogP) is 0.904. The van der Waals surface area contributed by atoms with E-state index in [1.54, 1.807) is 18.2 Å². The zero-order valence-corrected chi connectivity index (χ0v) is 17.2. The molecular weight excluding hydrogens is 418 g/mol. The zero-order chi connectivity index (χ0) is 17.8. The van der Waals surface area contributed by atoms with Crippen LogP contribution in [0.5, 0.6) is 0 Å². The summed E-state index contributed by atoms with van der Waals surface area (Å²) in [7, 11) is 2.88. The van der Waals surface area contributed by atoms with Gasteiger partial charge in [-0.1, -0.05) is 5.69 Å². The molecule has 1 aliphatic heterocycles. The fourth-order valence-electron chi connectivity index (χ4n) is 2.71. The molecule has 2 heterocycles. The van der Waals surface area contributed by atoms with Gasteiger partial charge in [-0.3, -0.25) is 4.99 Å². The van der Waals surface area contributed by atoms with E-state index >= 15 is 0 Å². The molecule has 2 aromatic rings. The molecule has 1 aliphatic rings. The van der Waals surface area contributed by atoms with Crippen molar-refractivity contribution in [2.24, 2.45) is 4.99 Å². The molecule has 1 aromatic carbocycles. The second-order valence-electron chi connectivity index (χ2n) is 5.48. The second kappa shape index (κ2) is 9.66. The van der Waals surface area contributed by atoms with Gasteiger partial charge in [-0.05, 0) is 5.49 Å². The molecule has 0 spiro atoms. The first-order chi connectivity index (χ1) is 12.1. The first-order valence-corrected chi connectivity index (χ1v) is 7.70. The molecule has 1 fully saturated rings. The number of para-hydroxylation sites is 1. The van der Waals surface area contributed by atoms with Crippen molar-refractivity contribution >= 4 is 5.69 Å². The van der Waals surface area contributed by atoms with E-state index in [4.69, 9.17) is 14.2 Å². The van der Waals surface area contributed by atoms with Gasteiger partial charge in [0.15, 0.2) is 12.4 Å². The van der Waals surface area contributed by atoms with Crippen LogP contribution in [0.15, 0.2) is 40.2 Å². The van der Waals surface area contributed by atoms with E-state index in [0.29, 0.717) is 5.69 Å². The molecule has 26 heavy (non-hydrogen) atoms. The maximum absolute atomic E-state index is 14.6. The number of benzene rings is 1. The van der Waals surface area contributed by atoms with Crippen LogP contribution in [0.2, 0.25) is 0 Å². The van der Waals surface area contributed by atoms with Crippen molar-refractivity contribution in [1.82, 2.24) is 9.55 Å². The van der Waals surface area contributed by atoms with Crippen molar-refractivity contribution in [2.45, 2.75) is 24.6 Å². The Hall–Kier alpha value is -1.19. The van der Waals surface area contributed by atoms with Gasteiger partial charge in [-0.25, -0.2) is 9.18 Å². The topological polar surface area (TPSA) is 77.8 Å². The first-order valence-electron chi connectivity index (χ1n) is 7.70. The average Bonchev–Trinajstić information content (AvgIpc) is 2.92. The monoisotopic (exact) mass is 436 g/mol. The predicted molar refractivity (Wildman–Crippen MR) is 85.9 cm³/mol. The minimum atomic E-state index is -1.52. The zero-order valence-electron chi connectivity index (χ0n) is 14.4. The average molecular weight is 436 g/mol. The standard InChI is InChI=1S/C17H18FN3O4.Y/c1-23-10-12-15(24-2)14(18)16(25-12)21-9-8-13(20-17(21)22)19-11-6-4-3-5-7-11;/h3-6,9,12,14-16H,10H2,1-2H3,(H,19,20,22);/q-2;/t12-,14?,15+,16-;/m1./s1. The number of halogens is 1. The van der Waals surface area contributed by atoms with Crippen LogP contribution in [0.3, 0.4) is 0 Å². The van der Waals surface area contributed by atoms with Crippen LogP contribution in [-0.4, -0.2) is 48.8 Å². The van der Waals surface area contributed by atoms with Crippen LogP contribution in [0.25, 0.3) is 0 Å². The Morgan fingerprint density at radius 1 is 1.38 bits per heavy atom. The van der Waals surface area contributed by atoms with Crippen molar-refractivity contribution < 1.29 is 51.3 Å². The number of hydrogen-bond donors (Lipinski definition) is 1. The molecule has 0 aliphatic carbocycles. The quantitative estimate of drug-likeness (QED) is 0.707. The number of alkyl halides is 1. The molecule has 4 atom stereocenters. The van der Waals surface area contributed by atoms with Crippen LogP contribution >= 0.6 is 0 Å². The van der Waals surface area contributed by atoms with Gasteiger partial charge in [0.05, 0.1) is 6.61 Å². The SMILES string of the molecule is COC[C@H]1O[C@@H](n2c[c-]c(=Nc3[c-]cccc3)[nH]c2=O)C(F)[C@H]1OC.[Y]. The smallest absolute Gasteiger partial charge is 0.324 e. The largest absolute Gasteiger partial charge is 0.410 e. The van der Waals surface area contributed by atoms with Crippen molar-refractivity contribution in [3.8, 4) is 0 Å². The van der Waals surface area contributed by atoms with Crippen molar-refractivity contribution in [1.29, 1.82) is 0 Å². The summed E-state index contributed by atoms with van der Waals surface area (Å²) >= 11 is 0. The number of H-pyrrole nitrogens is 1. The molecule has 0 bridgehead atoms. The molecule has 1 saturated heterocycles. The van der Waals surface area contributed by atoms with Gasteiger partial charge in [0.2, 0.25) is 0 Å². The van der Waals surface area contributed by atoms with E-state index in [0.717, 1.165) is 4.57 Å². The van der Waals surface area contributed by atoms with Gasteiger partial charge in [-0.15, -0.1) is 6.07 Å². The Labute approximate surface area is 175 Å². The summed E-state index contributed by atoms with van der Waals surface area (Å²) in [5, 5.41) is 0. The molecule has 3 rings (SSSR count). The molecule has 1 N–H and O–H groups in total. The number of nitrogens with one attached hydrogen (secondary N) is 1. The molecule has 0 saturated carbocycles. The van der Waals surface area contributed by atoms with Crippen LogP contribution in [0.1, 0.15) is 6.23 Å². The normalized spacial score (nSPS) is 25.9. The Morgan fingerprint density at radius 3 is 2.81 bits per heavy atom. The summed E-state index contributed by atoms with van der Waals surface area (Å²) in [6.45, 7) is 0.162.